The third-order valence-electron chi connectivity index (χ3n) is 2.50. The maximum absolute atomic E-state index is 8.99. The number of hydroxylamine groups is 2. The quantitative estimate of drug-likeness (QED) is 0.794. The highest BCUT2D eigenvalue weighted by atomic mass is 35.5. The Morgan fingerprint density at radius 3 is 2.65 bits per heavy atom. The first kappa shape index (κ1) is 14.7. The maximum Gasteiger partial charge on any atom is 0.0780 e. The number of nitrogens with zero attached hydrogens (tertiary/aromatic N) is 1. The number of benzene rings is 1. The Hall–Kier alpha value is -0.320. The molecule has 0 aliphatic carbocycles. The summed E-state index contributed by atoms with van der Waals surface area (Å²) in [4.78, 5) is 5.09. The average molecular weight is 278 g/mol. The lowest BCUT2D eigenvalue weighted by atomic mass is 9.95. The Morgan fingerprint density at radius 2 is 2.12 bits per heavy atom. The van der Waals surface area contributed by atoms with Gasteiger partial charge in [0.15, 0.2) is 0 Å². The fraction of sp³-hybridized carbons (Fsp3) is 0.500. The maximum atomic E-state index is 8.99. The third kappa shape index (κ3) is 4.82. The van der Waals surface area contributed by atoms with E-state index < -0.39 is 0 Å². The molecule has 0 amide bonds. The van der Waals surface area contributed by atoms with Gasteiger partial charge in [-0.1, -0.05) is 47.8 Å². The molecule has 5 heteroatoms. The van der Waals surface area contributed by atoms with Crippen molar-refractivity contribution in [1.82, 2.24) is 5.23 Å². The van der Waals surface area contributed by atoms with Gasteiger partial charge in [0.05, 0.1) is 6.61 Å². The van der Waals surface area contributed by atoms with Crippen molar-refractivity contribution in [2.24, 2.45) is 0 Å². The molecule has 0 saturated heterocycles. The Kier molecular flexibility index (Phi) is 6.23. The molecule has 3 nitrogen and oxygen atoms in total. The zero-order chi connectivity index (χ0) is 12.8. The summed E-state index contributed by atoms with van der Waals surface area (Å²) in [6, 6.07) is 5.45. The smallest absolute Gasteiger partial charge is 0.0780 e. The number of hydrogen-bond acceptors (Lipinski definition) is 3. The van der Waals surface area contributed by atoms with Crippen molar-refractivity contribution in [3.8, 4) is 0 Å². The van der Waals surface area contributed by atoms with Crippen molar-refractivity contribution in [3.05, 3.63) is 33.8 Å². The molecule has 17 heavy (non-hydrogen) atoms. The highest BCUT2D eigenvalue weighted by Crippen LogP contribution is 2.30. The molecule has 1 aromatic carbocycles. The van der Waals surface area contributed by atoms with Crippen molar-refractivity contribution in [3.63, 3.8) is 0 Å². The molecule has 0 aliphatic heterocycles. The Bertz CT molecular complexity index is 358. The van der Waals surface area contributed by atoms with E-state index in [4.69, 9.17) is 33.2 Å². The van der Waals surface area contributed by atoms with E-state index in [-0.39, 0.29) is 5.92 Å². The summed E-state index contributed by atoms with van der Waals surface area (Å²) in [7, 11) is 1.44. The second kappa shape index (κ2) is 7.19. The summed E-state index contributed by atoms with van der Waals surface area (Å²) in [5.74, 6) is 0.152. The van der Waals surface area contributed by atoms with Gasteiger partial charge in [-0.3, -0.25) is 10.0 Å². The van der Waals surface area contributed by atoms with Crippen LogP contribution in [0.4, 0.5) is 0 Å². The number of rotatable bonds is 6. The monoisotopic (exact) mass is 277 g/mol. The van der Waals surface area contributed by atoms with Gasteiger partial charge in [0.25, 0.3) is 0 Å². The van der Waals surface area contributed by atoms with Crippen molar-refractivity contribution in [2.75, 3.05) is 13.7 Å². The van der Waals surface area contributed by atoms with E-state index in [1.807, 2.05) is 12.1 Å². The second-order valence-corrected chi connectivity index (χ2v) is 4.76. The van der Waals surface area contributed by atoms with E-state index >= 15 is 0 Å². The largest absolute Gasteiger partial charge is 0.290 e. The summed E-state index contributed by atoms with van der Waals surface area (Å²) in [5, 5.41) is 11.0. The van der Waals surface area contributed by atoms with Crippen LogP contribution in [0.5, 0.6) is 0 Å². The Labute approximate surface area is 112 Å². The summed E-state index contributed by atoms with van der Waals surface area (Å²) >= 11 is 12.0. The first-order valence-electron chi connectivity index (χ1n) is 5.55. The van der Waals surface area contributed by atoms with Crippen LogP contribution in [0.25, 0.3) is 0 Å². The molecule has 96 valence electrons. The molecule has 1 N–H and O–H groups in total. The summed E-state index contributed by atoms with van der Waals surface area (Å²) in [6.07, 6.45) is 1.96. The van der Waals surface area contributed by atoms with Crippen LogP contribution in [0, 0.1) is 0 Å². The van der Waals surface area contributed by atoms with Crippen LogP contribution in [-0.4, -0.2) is 24.1 Å². The van der Waals surface area contributed by atoms with Crippen molar-refractivity contribution in [1.29, 1.82) is 0 Å². The van der Waals surface area contributed by atoms with Gasteiger partial charge in [-0.15, -0.1) is 0 Å². The molecule has 0 heterocycles. The van der Waals surface area contributed by atoms with Crippen LogP contribution in [0.15, 0.2) is 18.2 Å². The fourth-order valence-corrected chi connectivity index (χ4v) is 2.27. The molecule has 0 saturated carbocycles. The highest BCUT2D eigenvalue weighted by molar-refractivity contribution is 6.35. The zero-order valence-electron chi connectivity index (χ0n) is 9.99. The van der Waals surface area contributed by atoms with Crippen molar-refractivity contribution >= 4 is 23.2 Å². The second-order valence-electron chi connectivity index (χ2n) is 3.91. The van der Waals surface area contributed by atoms with E-state index in [9.17, 15) is 0 Å². The van der Waals surface area contributed by atoms with E-state index in [1.54, 1.807) is 6.07 Å². The molecule has 0 radical (unpaired) electrons. The SMILES string of the molecule is CCCC(CON(C)O)c1ccc(Cl)cc1Cl. The van der Waals surface area contributed by atoms with Crippen LogP contribution < -0.4 is 0 Å². The Morgan fingerprint density at radius 1 is 1.41 bits per heavy atom. The van der Waals surface area contributed by atoms with Gasteiger partial charge in [-0.25, -0.2) is 0 Å². The van der Waals surface area contributed by atoms with Gasteiger partial charge in [-0.05, 0) is 24.1 Å². The lowest BCUT2D eigenvalue weighted by Gasteiger charge is -2.19. The van der Waals surface area contributed by atoms with Gasteiger partial charge in [0.2, 0.25) is 0 Å². The first-order valence-corrected chi connectivity index (χ1v) is 6.30. The number of halogens is 2. The zero-order valence-corrected chi connectivity index (χ0v) is 11.5. The average Bonchev–Trinajstić information content (AvgIpc) is 2.24. The fourth-order valence-electron chi connectivity index (χ4n) is 1.71. The lowest BCUT2D eigenvalue weighted by molar-refractivity contribution is -0.325. The van der Waals surface area contributed by atoms with Gasteiger partial charge >= 0.3 is 0 Å². The van der Waals surface area contributed by atoms with Crippen molar-refractivity contribution in [2.45, 2.75) is 25.7 Å². The van der Waals surface area contributed by atoms with Crippen LogP contribution >= 0.6 is 23.2 Å². The third-order valence-corrected chi connectivity index (χ3v) is 3.06. The minimum absolute atomic E-state index is 0.152. The molecule has 1 rings (SSSR count). The minimum atomic E-state index is 0.152. The minimum Gasteiger partial charge on any atom is -0.290 e. The number of hydrogen-bond donors (Lipinski definition) is 1. The molecule has 1 unspecified atom stereocenters. The van der Waals surface area contributed by atoms with Gasteiger partial charge in [0, 0.05) is 23.0 Å². The van der Waals surface area contributed by atoms with E-state index in [0.29, 0.717) is 21.9 Å². The molecule has 0 bridgehead atoms. The van der Waals surface area contributed by atoms with E-state index in [1.165, 1.54) is 7.05 Å². The molecule has 1 aromatic rings. The van der Waals surface area contributed by atoms with E-state index in [2.05, 4.69) is 6.92 Å². The predicted molar refractivity (Wildman–Crippen MR) is 69.6 cm³/mol. The normalized spacial score (nSPS) is 13.1. The summed E-state index contributed by atoms with van der Waals surface area (Å²) < 4.78 is 0. The van der Waals surface area contributed by atoms with Crippen LogP contribution in [0.1, 0.15) is 31.2 Å². The lowest BCUT2D eigenvalue weighted by Crippen LogP contribution is -2.18. The molecule has 0 aromatic heterocycles. The van der Waals surface area contributed by atoms with Crippen LogP contribution in [0.3, 0.4) is 0 Å². The first-order chi connectivity index (χ1) is 8.04. The highest BCUT2D eigenvalue weighted by Gasteiger charge is 2.15. The van der Waals surface area contributed by atoms with Crippen LogP contribution in [-0.2, 0) is 4.84 Å². The molecular weight excluding hydrogens is 261 g/mol. The molecule has 0 spiro atoms. The topological polar surface area (TPSA) is 32.7 Å². The Balaban J connectivity index is 2.81. The molecular formula is C12H17Cl2NO2. The predicted octanol–water partition coefficient (Wildman–Crippen LogP) is 4.13. The van der Waals surface area contributed by atoms with Gasteiger partial charge < -0.3 is 0 Å². The van der Waals surface area contributed by atoms with E-state index in [0.717, 1.165) is 18.4 Å². The van der Waals surface area contributed by atoms with Gasteiger partial charge in [0.1, 0.15) is 0 Å². The molecule has 1 atom stereocenters. The van der Waals surface area contributed by atoms with Crippen LogP contribution in [0.2, 0.25) is 10.0 Å². The summed E-state index contributed by atoms with van der Waals surface area (Å²) in [5.41, 5.74) is 1.000. The van der Waals surface area contributed by atoms with Gasteiger partial charge in [-0.2, -0.15) is 0 Å². The van der Waals surface area contributed by atoms with Crippen molar-refractivity contribution < 1.29 is 10.0 Å². The molecule has 0 aliphatic rings. The standard InChI is InChI=1S/C12H17Cl2NO2/c1-3-4-9(8-17-15(2)16)11-6-5-10(13)7-12(11)14/h5-7,9,16H,3-4,8H2,1-2H3. The molecule has 0 fully saturated rings. The summed E-state index contributed by atoms with van der Waals surface area (Å²) in [6.45, 7) is 2.49.